The Morgan fingerprint density at radius 3 is 2.88 bits per heavy atom. The molecule has 1 fully saturated rings. The first-order valence-electron chi connectivity index (χ1n) is 8.85. The van der Waals surface area contributed by atoms with Gasteiger partial charge in [0, 0.05) is 31.1 Å². The van der Waals surface area contributed by atoms with Crippen LogP contribution in [0.2, 0.25) is 0 Å². The van der Waals surface area contributed by atoms with Gasteiger partial charge in [0.1, 0.15) is 5.60 Å². The summed E-state index contributed by atoms with van der Waals surface area (Å²) in [5, 5.41) is 17.9. The zero-order valence-corrected chi connectivity index (χ0v) is 15.0. The van der Waals surface area contributed by atoms with E-state index in [1.54, 1.807) is 11.3 Å². The zero-order valence-electron chi connectivity index (χ0n) is 14.2. The van der Waals surface area contributed by atoms with Crippen LogP contribution in [0.5, 0.6) is 0 Å². The van der Waals surface area contributed by atoms with E-state index in [1.807, 2.05) is 6.07 Å². The predicted octanol–water partition coefficient (Wildman–Crippen LogP) is 2.84. The zero-order chi connectivity index (χ0) is 16.6. The summed E-state index contributed by atoms with van der Waals surface area (Å²) in [6.45, 7) is 4.79. The van der Waals surface area contributed by atoms with Crippen LogP contribution in [0.1, 0.15) is 36.1 Å². The molecule has 2 N–H and O–H groups in total. The lowest BCUT2D eigenvalue weighted by Gasteiger charge is -2.34. The Hall–Kier alpha value is -1.43. The number of aryl methyl sites for hydroxylation is 2. The van der Waals surface area contributed by atoms with Gasteiger partial charge in [0.2, 0.25) is 0 Å². The lowest BCUT2D eigenvalue weighted by molar-refractivity contribution is 0.0350. The Labute approximate surface area is 147 Å². The first-order valence-corrected chi connectivity index (χ1v) is 9.73. The van der Waals surface area contributed by atoms with E-state index in [1.165, 1.54) is 5.56 Å². The van der Waals surface area contributed by atoms with Gasteiger partial charge in [-0.15, -0.1) is 11.3 Å². The molecule has 4 rings (SSSR count). The summed E-state index contributed by atoms with van der Waals surface area (Å²) in [5.41, 5.74) is 2.83. The van der Waals surface area contributed by atoms with Crippen LogP contribution in [0.15, 0.2) is 29.6 Å². The number of hydrogen-bond donors (Lipinski definition) is 2. The summed E-state index contributed by atoms with van der Waals surface area (Å²) in [5.74, 6) is 0. The molecular weight excluding hydrogens is 318 g/mol. The van der Waals surface area contributed by atoms with Crippen LogP contribution < -0.4 is 10.2 Å². The molecule has 0 amide bonds. The number of hydrogen-bond acceptors (Lipinski definition) is 5. The first-order chi connectivity index (χ1) is 11.6. The minimum Gasteiger partial charge on any atom is -0.384 e. The number of fused-ring (bicyclic) bond motifs is 1. The van der Waals surface area contributed by atoms with Crippen LogP contribution >= 0.6 is 11.3 Å². The second-order valence-corrected chi connectivity index (χ2v) is 7.94. The van der Waals surface area contributed by atoms with Crippen LogP contribution in [0, 0.1) is 6.92 Å². The average molecular weight is 343 g/mol. The number of rotatable bonds is 4. The van der Waals surface area contributed by atoms with Crippen molar-refractivity contribution in [2.24, 2.45) is 0 Å². The topological polar surface area (TPSA) is 48.4 Å². The Morgan fingerprint density at radius 2 is 2.12 bits per heavy atom. The van der Waals surface area contributed by atoms with E-state index in [0.717, 1.165) is 55.2 Å². The minimum atomic E-state index is -0.694. The van der Waals surface area contributed by atoms with Gasteiger partial charge in [0.15, 0.2) is 5.13 Å². The molecule has 0 spiro atoms. The highest BCUT2D eigenvalue weighted by molar-refractivity contribution is 7.13. The highest BCUT2D eigenvalue weighted by Gasteiger charge is 2.36. The molecule has 1 aliphatic heterocycles. The molecule has 4 nitrogen and oxygen atoms in total. The van der Waals surface area contributed by atoms with Gasteiger partial charge in [-0.2, -0.15) is 0 Å². The van der Waals surface area contributed by atoms with Crippen LogP contribution in [0.25, 0.3) is 0 Å². The number of anilines is 1. The molecule has 2 aliphatic rings. The number of benzene rings is 1. The van der Waals surface area contributed by atoms with Crippen molar-refractivity contribution in [3.8, 4) is 0 Å². The van der Waals surface area contributed by atoms with E-state index in [2.05, 4.69) is 45.7 Å². The molecule has 1 aliphatic carbocycles. The van der Waals surface area contributed by atoms with Crippen molar-refractivity contribution in [2.75, 3.05) is 24.5 Å². The van der Waals surface area contributed by atoms with Gasteiger partial charge in [-0.3, -0.25) is 0 Å². The molecule has 2 aromatic rings. The second kappa shape index (κ2) is 6.47. The van der Waals surface area contributed by atoms with E-state index in [9.17, 15) is 5.11 Å². The smallest absolute Gasteiger partial charge is 0.185 e. The SMILES string of the molecule is Cc1csc(N2CCC(NC[C@]3(O)CCc4ccccc43)CC2)n1. The van der Waals surface area contributed by atoms with Gasteiger partial charge in [-0.25, -0.2) is 4.98 Å². The van der Waals surface area contributed by atoms with E-state index >= 15 is 0 Å². The maximum atomic E-state index is 11.0. The standard InChI is InChI=1S/C19H25N3OS/c1-14-12-24-18(21-14)22-10-7-16(8-11-22)20-13-19(23)9-6-15-4-2-3-5-17(15)19/h2-5,12,16,20,23H,6-11,13H2,1H3/t19-/m1/s1. The Kier molecular flexibility index (Phi) is 4.33. The quantitative estimate of drug-likeness (QED) is 0.896. The van der Waals surface area contributed by atoms with Crippen molar-refractivity contribution in [1.82, 2.24) is 10.3 Å². The highest BCUT2D eigenvalue weighted by Crippen LogP contribution is 2.36. The number of aliphatic hydroxyl groups is 1. The Balaban J connectivity index is 1.32. The molecule has 128 valence electrons. The third-order valence-corrected chi connectivity index (χ3v) is 6.40. The van der Waals surface area contributed by atoms with Crippen molar-refractivity contribution >= 4 is 16.5 Å². The van der Waals surface area contributed by atoms with E-state index in [-0.39, 0.29) is 0 Å². The number of thiazole rings is 1. The summed E-state index contributed by atoms with van der Waals surface area (Å²) >= 11 is 1.74. The Morgan fingerprint density at radius 1 is 1.33 bits per heavy atom. The fourth-order valence-electron chi connectivity index (χ4n) is 3.93. The summed E-state index contributed by atoms with van der Waals surface area (Å²) in [6, 6.07) is 8.80. The molecule has 5 heteroatoms. The largest absolute Gasteiger partial charge is 0.384 e. The molecule has 1 atom stereocenters. The molecular formula is C19H25N3OS. The van der Waals surface area contributed by atoms with Gasteiger partial charge >= 0.3 is 0 Å². The third-order valence-electron chi connectivity index (χ3n) is 5.38. The highest BCUT2D eigenvalue weighted by atomic mass is 32.1. The Bertz CT molecular complexity index is 708. The van der Waals surface area contributed by atoms with E-state index < -0.39 is 5.60 Å². The van der Waals surface area contributed by atoms with Crippen molar-refractivity contribution in [2.45, 2.75) is 44.2 Å². The fraction of sp³-hybridized carbons (Fsp3) is 0.526. The lowest BCUT2D eigenvalue weighted by Crippen LogP contribution is -2.47. The predicted molar refractivity (Wildman–Crippen MR) is 98.7 cm³/mol. The maximum absolute atomic E-state index is 11.0. The summed E-state index contributed by atoms with van der Waals surface area (Å²) in [4.78, 5) is 6.97. The van der Waals surface area contributed by atoms with Gasteiger partial charge < -0.3 is 15.3 Å². The number of piperidine rings is 1. The van der Waals surface area contributed by atoms with Crippen molar-refractivity contribution in [3.63, 3.8) is 0 Å². The number of nitrogens with one attached hydrogen (secondary N) is 1. The molecule has 1 aromatic carbocycles. The fourth-order valence-corrected chi connectivity index (χ4v) is 4.78. The van der Waals surface area contributed by atoms with Gasteiger partial charge in [-0.1, -0.05) is 24.3 Å². The average Bonchev–Trinajstić information content (AvgIpc) is 3.19. The molecule has 0 radical (unpaired) electrons. The minimum absolute atomic E-state index is 0.485. The van der Waals surface area contributed by atoms with E-state index in [4.69, 9.17) is 0 Å². The van der Waals surface area contributed by atoms with Crippen molar-refractivity contribution in [1.29, 1.82) is 0 Å². The molecule has 24 heavy (non-hydrogen) atoms. The maximum Gasteiger partial charge on any atom is 0.185 e. The normalized spacial score (nSPS) is 24.3. The molecule has 0 bridgehead atoms. The van der Waals surface area contributed by atoms with Crippen molar-refractivity contribution in [3.05, 3.63) is 46.5 Å². The summed E-state index contributed by atoms with van der Waals surface area (Å²) in [7, 11) is 0. The molecule has 0 saturated carbocycles. The third kappa shape index (κ3) is 3.08. The van der Waals surface area contributed by atoms with Crippen LogP contribution in [0.4, 0.5) is 5.13 Å². The molecule has 1 saturated heterocycles. The van der Waals surface area contributed by atoms with Crippen LogP contribution in [0.3, 0.4) is 0 Å². The van der Waals surface area contributed by atoms with Crippen molar-refractivity contribution < 1.29 is 5.11 Å². The van der Waals surface area contributed by atoms with Gasteiger partial charge in [-0.05, 0) is 43.7 Å². The summed E-state index contributed by atoms with van der Waals surface area (Å²) < 4.78 is 0. The van der Waals surface area contributed by atoms with Gasteiger partial charge in [0.25, 0.3) is 0 Å². The molecule has 0 unspecified atom stereocenters. The summed E-state index contributed by atoms with van der Waals surface area (Å²) in [6.07, 6.45) is 4.03. The van der Waals surface area contributed by atoms with Gasteiger partial charge in [0.05, 0.1) is 5.69 Å². The van der Waals surface area contributed by atoms with Crippen LogP contribution in [-0.4, -0.2) is 35.8 Å². The number of nitrogens with zero attached hydrogens (tertiary/aromatic N) is 2. The molecule has 2 heterocycles. The monoisotopic (exact) mass is 343 g/mol. The molecule has 1 aromatic heterocycles. The lowest BCUT2D eigenvalue weighted by atomic mass is 9.95. The first kappa shape index (κ1) is 16.1. The van der Waals surface area contributed by atoms with Crippen LogP contribution in [-0.2, 0) is 12.0 Å². The second-order valence-electron chi connectivity index (χ2n) is 7.10. The van der Waals surface area contributed by atoms with E-state index in [0.29, 0.717) is 12.6 Å². The number of aromatic nitrogens is 1.